The SMILES string of the molecule is ClCc1csc(CCCCOCc2cccs2)n1. The minimum Gasteiger partial charge on any atom is -0.376 e. The van der Waals surface area contributed by atoms with Gasteiger partial charge in [-0.3, -0.25) is 0 Å². The highest BCUT2D eigenvalue weighted by atomic mass is 35.5. The molecule has 0 radical (unpaired) electrons. The Hall–Kier alpha value is -0.420. The third-order valence-electron chi connectivity index (χ3n) is 2.49. The Morgan fingerprint density at radius 2 is 2.22 bits per heavy atom. The highest BCUT2D eigenvalue weighted by Gasteiger charge is 2.01. The number of aryl methyl sites for hydroxylation is 1. The Bertz CT molecular complexity index is 442. The van der Waals surface area contributed by atoms with E-state index in [0.29, 0.717) is 5.88 Å². The quantitative estimate of drug-likeness (QED) is 0.529. The summed E-state index contributed by atoms with van der Waals surface area (Å²) >= 11 is 9.16. The van der Waals surface area contributed by atoms with Crippen LogP contribution in [0.4, 0.5) is 0 Å². The third kappa shape index (κ3) is 4.69. The van der Waals surface area contributed by atoms with Crippen LogP contribution in [-0.2, 0) is 23.6 Å². The molecule has 0 aliphatic heterocycles. The van der Waals surface area contributed by atoms with Crippen LogP contribution in [0, 0.1) is 0 Å². The number of unbranched alkanes of at least 4 members (excludes halogenated alkanes) is 1. The Labute approximate surface area is 121 Å². The zero-order valence-corrected chi connectivity index (χ0v) is 12.5. The van der Waals surface area contributed by atoms with Gasteiger partial charge in [0.1, 0.15) is 0 Å². The molecule has 0 amide bonds. The van der Waals surface area contributed by atoms with E-state index >= 15 is 0 Å². The third-order valence-corrected chi connectivity index (χ3v) is 4.57. The van der Waals surface area contributed by atoms with Gasteiger partial charge >= 0.3 is 0 Å². The number of thiophene rings is 1. The summed E-state index contributed by atoms with van der Waals surface area (Å²) in [7, 11) is 0. The fourth-order valence-corrected chi connectivity index (χ4v) is 3.28. The Balaban J connectivity index is 1.53. The van der Waals surface area contributed by atoms with Gasteiger partial charge in [0, 0.05) is 16.9 Å². The van der Waals surface area contributed by atoms with Crippen LogP contribution < -0.4 is 0 Å². The number of alkyl halides is 1. The zero-order valence-electron chi connectivity index (χ0n) is 10.1. The van der Waals surface area contributed by atoms with Crippen LogP contribution in [0.3, 0.4) is 0 Å². The number of thiazole rings is 1. The zero-order chi connectivity index (χ0) is 12.6. The highest BCUT2D eigenvalue weighted by molar-refractivity contribution is 7.10. The number of nitrogens with zero attached hydrogens (tertiary/aromatic N) is 1. The van der Waals surface area contributed by atoms with Gasteiger partial charge in [0.05, 0.1) is 23.2 Å². The van der Waals surface area contributed by atoms with Crippen molar-refractivity contribution in [1.29, 1.82) is 0 Å². The molecule has 5 heteroatoms. The first-order valence-electron chi connectivity index (χ1n) is 5.98. The van der Waals surface area contributed by atoms with Gasteiger partial charge in [-0.05, 0) is 30.7 Å². The van der Waals surface area contributed by atoms with Crippen molar-refractivity contribution >= 4 is 34.3 Å². The van der Waals surface area contributed by atoms with E-state index in [-0.39, 0.29) is 0 Å². The van der Waals surface area contributed by atoms with E-state index < -0.39 is 0 Å². The molecule has 2 rings (SSSR count). The van der Waals surface area contributed by atoms with Crippen LogP contribution in [0.2, 0.25) is 0 Å². The van der Waals surface area contributed by atoms with Gasteiger partial charge in [0.2, 0.25) is 0 Å². The molecule has 0 saturated carbocycles. The van der Waals surface area contributed by atoms with Gasteiger partial charge in [0.15, 0.2) is 0 Å². The summed E-state index contributed by atoms with van der Waals surface area (Å²) in [5.41, 5.74) is 0.991. The van der Waals surface area contributed by atoms with Crippen molar-refractivity contribution in [2.75, 3.05) is 6.61 Å². The van der Waals surface area contributed by atoms with Crippen LogP contribution in [0.15, 0.2) is 22.9 Å². The lowest BCUT2D eigenvalue weighted by Crippen LogP contribution is -1.95. The van der Waals surface area contributed by atoms with Crippen LogP contribution in [-0.4, -0.2) is 11.6 Å². The molecular weight excluding hydrogens is 286 g/mol. The molecule has 0 N–H and O–H groups in total. The van der Waals surface area contributed by atoms with Crippen LogP contribution in [0.25, 0.3) is 0 Å². The molecular formula is C13H16ClNOS2. The van der Waals surface area contributed by atoms with Crippen molar-refractivity contribution in [3.05, 3.63) is 38.5 Å². The standard InChI is InChI=1S/C13H16ClNOS2/c14-8-11-10-18-13(15-11)5-1-2-6-16-9-12-4-3-7-17-12/h3-4,7,10H,1-2,5-6,8-9H2. The van der Waals surface area contributed by atoms with Gasteiger partial charge in [-0.25, -0.2) is 4.98 Å². The van der Waals surface area contributed by atoms with Gasteiger partial charge in [-0.1, -0.05) is 6.07 Å². The number of aromatic nitrogens is 1. The molecule has 0 fully saturated rings. The predicted octanol–water partition coefficient (Wildman–Crippen LogP) is 4.48. The molecule has 2 nitrogen and oxygen atoms in total. The lowest BCUT2D eigenvalue weighted by molar-refractivity contribution is 0.119. The molecule has 98 valence electrons. The normalized spacial score (nSPS) is 10.9. The minimum atomic E-state index is 0.514. The van der Waals surface area contributed by atoms with E-state index in [1.807, 2.05) is 5.38 Å². The Morgan fingerprint density at radius 3 is 2.94 bits per heavy atom. The second kappa shape index (κ2) is 7.89. The van der Waals surface area contributed by atoms with E-state index in [0.717, 1.165) is 38.2 Å². The minimum absolute atomic E-state index is 0.514. The van der Waals surface area contributed by atoms with E-state index in [1.54, 1.807) is 22.7 Å². The summed E-state index contributed by atoms with van der Waals surface area (Å²) in [5.74, 6) is 0.514. The topological polar surface area (TPSA) is 22.1 Å². The molecule has 2 aromatic rings. The van der Waals surface area contributed by atoms with Crippen LogP contribution in [0.5, 0.6) is 0 Å². The lowest BCUT2D eigenvalue weighted by atomic mass is 10.2. The Morgan fingerprint density at radius 1 is 1.28 bits per heavy atom. The predicted molar refractivity (Wildman–Crippen MR) is 78.6 cm³/mol. The maximum absolute atomic E-state index is 5.72. The van der Waals surface area contributed by atoms with Crippen molar-refractivity contribution in [1.82, 2.24) is 4.98 Å². The van der Waals surface area contributed by atoms with E-state index in [9.17, 15) is 0 Å². The van der Waals surface area contributed by atoms with Crippen molar-refractivity contribution in [2.24, 2.45) is 0 Å². The smallest absolute Gasteiger partial charge is 0.0928 e. The van der Waals surface area contributed by atoms with E-state index in [4.69, 9.17) is 16.3 Å². The van der Waals surface area contributed by atoms with Gasteiger partial charge < -0.3 is 4.74 Å². The molecule has 0 unspecified atom stereocenters. The fourth-order valence-electron chi connectivity index (χ4n) is 1.57. The van der Waals surface area contributed by atoms with Crippen molar-refractivity contribution in [3.63, 3.8) is 0 Å². The van der Waals surface area contributed by atoms with Crippen molar-refractivity contribution in [2.45, 2.75) is 31.7 Å². The fraction of sp³-hybridized carbons (Fsp3) is 0.462. The molecule has 18 heavy (non-hydrogen) atoms. The van der Waals surface area contributed by atoms with Gasteiger partial charge in [-0.2, -0.15) is 0 Å². The summed E-state index contributed by atoms with van der Waals surface area (Å²) in [6, 6.07) is 4.16. The summed E-state index contributed by atoms with van der Waals surface area (Å²) in [4.78, 5) is 5.73. The number of hydrogen-bond acceptors (Lipinski definition) is 4. The monoisotopic (exact) mass is 301 g/mol. The largest absolute Gasteiger partial charge is 0.376 e. The molecule has 0 aromatic carbocycles. The maximum Gasteiger partial charge on any atom is 0.0928 e. The first-order chi connectivity index (χ1) is 8.88. The average Bonchev–Trinajstić information content (AvgIpc) is 3.04. The molecule has 0 atom stereocenters. The van der Waals surface area contributed by atoms with E-state index in [1.165, 1.54) is 9.88 Å². The van der Waals surface area contributed by atoms with E-state index in [2.05, 4.69) is 22.5 Å². The van der Waals surface area contributed by atoms with Crippen molar-refractivity contribution in [3.8, 4) is 0 Å². The summed E-state index contributed by atoms with van der Waals surface area (Å²) in [5, 5.41) is 5.30. The van der Waals surface area contributed by atoms with Crippen LogP contribution in [0.1, 0.15) is 28.4 Å². The number of halogens is 1. The Kier molecular flexibility index (Phi) is 6.14. The molecule has 2 heterocycles. The number of rotatable bonds is 8. The number of hydrogen-bond donors (Lipinski definition) is 0. The summed E-state index contributed by atoms with van der Waals surface area (Å²) < 4.78 is 5.61. The lowest BCUT2D eigenvalue weighted by Gasteiger charge is -2.01. The first-order valence-corrected chi connectivity index (χ1v) is 8.27. The van der Waals surface area contributed by atoms with Crippen molar-refractivity contribution < 1.29 is 4.74 Å². The first kappa shape index (κ1) is 14.0. The summed E-state index contributed by atoms with van der Waals surface area (Å²) in [6.07, 6.45) is 3.24. The van der Waals surface area contributed by atoms with Gasteiger partial charge in [-0.15, -0.1) is 34.3 Å². The molecule has 0 aliphatic rings. The molecule has 0 saturated heterocycles. The second-order valence-corrected chi connectivity index (χ2v) is 6.20. The maximum atomic E-state index is 5.72. The summed E-state index contributed by atoms with van der Waals surface area (Å²) in [6.45, 7) is 1.57. The number of ether oxygens (including phenoxy) is 1. The molecule has 0 spiro atoms. The average molecular weight is 302 g/mol. The van der Waals surface area contributed by atoms with Crippen LogP contribution >= 0.6 is 34.3 Å². The van der Waals surface area contributed by atoms with Gasteiger partial charge in [0.25, 0.3) is 0 Å². The second-order valence-electron chi connectivity index (χ2n) is 3.96. The molecule has 2 aromatic heterocycles. The molecule has 0 aliphatic carbocycles. The molecule has 0 bridgehead atoms. The highest BCUT2D eigenvalue weighted by Crippen LogP contribution is 2.14.